The number of thioether (sulfide) groups is 1. The highest BCUT2D eigenvalue weighted by atomic mass is 32.2. The van der Waals surface area contributed by atoms with Crippen molar-refractivity contribution in [3.8, 4) is 17.2 Å². The van der Waals surface area contributed by atoms with Gasteiger partial charge in [-0.25, -0.2) is 9.50 Å². The van der Waals surface area contributed by atoms with Gasteiger partial charge in [0.15, 0.2) is 10.1 Å². The highest BCUT2D eigenvalue weighted by molar-refractivity contribution is 8.00. The normalized spacial score (nSPS) is 11.7. The summed E-state index contributed by atoms with van der Waals surface area (Å²) in [6.07, 6.45) is 3.82. The van der Waals surface area contributed by atoms with E-state index in [2.05, 4.69) is 10.1 Å². The Labute approximate surface area is 121 Å². The Morgan fingerprint density at radius 1 is 1.40 bits per heavy atom. The van der Waals surface area contributed by atoms with Crippen LogP contribution in [0.3, 0.4) is 0 Å². The van der Waals surface area contributed by atoms with Gasteiger partial charge in [-0.1, -0.05) is 29.2 Å². The monoisotopic (exact) mass is 303 g/mol. The minimum absolute atomic E-state index is 0.210. The number of rotatable bonds is 2. The lowest BCUT2D eigenvalue weighted by molar-refractivity contribution is 0.481. The first kappa shape index (κ1) is 11.8. The molecule has 4 rings (SSSR count). The first-order chi connectivity index (χ1) is 9.74. The van der Waals surface area contributed by atoms with E-state index in [1.807, 2.05) is 18.5 Å². The number of hydrogen-bond donors (Lipinski definition) is 1. The molecule has 0 aliphatic rings. The standard InChI is InChI=1S/C13H9N3O2S2/c1-19-13-15-16-6-8(14-12(16)20-13)11-5-7-9(17)3-2-4-10(7)18-11/h2-6,17H,1H3. The van der Waals surface area contributed by atoms with Crippen LogP contribution in [0.2, 0.25) is 0 Å². The van der Waals surface area contributed by atoms with E-state index in [1.54, 1.807) is 34.5 Å². The lowest BCUT2D eigenvalue weighted by atomic mass is 10.2. The number of phenols is 1. The summed E-state index contributed by atoms with van der Waals surface area (Å²) in [5, 5.41) is 14.9. The van der Waals surface area contributed by atoms with Crippen LogP contribution in [-0.2, 0) is 0 Å². The van der Waals surface area contributed by atoms with Crippen molar-refractivity contribution >= 4 is 39.0 Å². The number of imidazole rings is 1. The molecule has 0 saturated carbocycles. The summed E-state index contributed by atoms with van der Waals surface area (Å²) >= 11 is 3.13. The van der Waals surface area contributed by atoms with Gasteiger partial charge in [0.05, 0.1) is 11.6 Å². The van der Waals surface area contributed by atoms with Gasteiger partial charge in [-0.3, -0.25) is 0 Å². The zero-order valence-corrected chi connectivity index (χ0v) is 12.0. The lowest BCUT2D eigenvalue weighted by Gasteiger charge is -1.89. The van der Waals surface area contributed by atoms with Gasteiger partial charge in [0.1, 0.15) is 17.0 Å². The Hall–Kier alpha value is -1.99. The topological polar surface area (TPSA) is 63.6 Å². The van der Waals surface area contributed by atoms with Crippen LogP contribution < -0.4 is 0 Å². The SMILES string of the molecule is CSc1nn2cc(-c3cc4c(O)cccc4o3)nc2s1. The van der Waals surface area contributed by atoms with Gasteiger partial charge in [-0.15, -0.1) is 5.10 Å². The number of furan rings is 1. The van der Waals surface area contributed by atoms with Gasteiger partial charge in [-0.2, -0.15) is 0 Å². The molecule has 0 saturated heterocycles. The summed E-state index contributed by atoms with van der Waals surface area (Å²) in [4.78, 5) is 5.33. The largest absolute Gasteiger partial charge is 0.507 e. The third-order valence-corrected chi connectivity index (χ3v) is 4.89. The average Bonchev–Trinajstić information content (AvgIpc) is 3.09. The second-order valence-electron chi connectivity index (χ2n) is 4.22. The van der Waals surface area contributed by atoms with Crippen LogP contribution in [0.25, 0.3) is 27.4 Å². The number of nitrogens with zero attached hydrogens (tertiary/aromatic N) is 3. The molecule has 0 unspecified atom stereocenters. The second kappa shape index (κ2) is 4.26. The molecule has 0 bridgehead atoms. The van der Waals surface area contributed by atoms with Crippen molar-refractivity contribution in [1.29, 1.82) is 0 Å². The third kappa shape index (κ3) is 1.70. The molecule has 0 aliphatic heterocycles. The van der Waals surface area contributed by atoms with Crippen molar-refractivity contribution in [2.24, 2.45) is 0 Å². The number of benzene rings is 1. The molecule has 0 aliphatic carbocycles. The maximum Gasteiger partial charge on any atom is 0.213 e. The van der Waals surface area contributed by atoms with E-state index in [9.17, 15) is 5.11 Å². The number of aromatic hydroxyl groups is 1. The Balaban J connectivity index is 1.87. The Morgan fingerprint density at radius 2 is 2.30 bits per heavy atom. The molecule has 0 spiro atoms. The molecule has 4 aromatic rings. The summed E-state index contributed by atoms with van der Waals surface area (Å²) < 4.78 is 8.45. The predicted molar refractivity (Wildman–Crippen MR) is 79.5 cm³/mol. The molecule has 5 nitrogen and oxygen atoms in total. The molecule has 0 atom stereocenters. The fourth-order valence-electron chi connectivity index (χ4n) is 2.05. The Bertz CT molecular complexity index is 891. The maximum atomic E-state index is 9.80. The second-order valence-corrected chi connectivity index (χ2v) is 6.23. The zero-order valence-electron chi connectivity index (χ0n) is 10.4. The van der Waals surface area contributed by atoms with Crippen molar-refractivity contribution in [2.45, 2.75) is 4.34 Å². The quantitative estimate of drug-likeness (QED) is 0.573. The van der Waals surface area contributed by atoms with E-state index in [4.69, 9.17) is 4.42 Å². The smallest absolute Gasteiger partial charge is 0.213 e. The van der Waals surface area contributed by atoms with Crippen LogP contribution in [0.15, 0.2) is 39.2 Å². The Kier molecular flexibility index (Phi) is 2.51. The molecule has 3 aromatic heterocycles. The van der Waals surface area contributed by atoms with Crippen molar-refractivity contribution in [3.05, 3.63) is 30.5 Å². The summed E-state index contributed by atoms with van der Waals surface area (Å²) in [6.45, 7) is 0. The van der Waals surface area contributed by atoms with Crippen molar-refractivity contribution in [1.82, 2.24) is 14.6 Å². The lowest BCUT2D eigenvalue weighted by Crippen LogP contribution is -1.79. The summed E-state index contributed by atoms with van der Waals surface area (Å²) in [7, 11) is 0. The van der Waals surface area contributed by atoms with E-state index in [0.717, 1.165) is 9.30 Å². The molecule has 20 heavy (non-hydrogen) atoms. The number of aromatic nitrogens is 3. The summed E-state index contributed by atoms with van der Waals surface area (Å²) in [6, 6.07) is 7.01. The number of fused-ring (bicyclic) bond motifs is 2. The van der Waals surface area contributed by atoms with E-state index in [-0.39, 0.29) is 5.75 Å². The van der Waals surface area contributed by atoms with Crippen LogP contribution in [-0.4, -0.2) is 26.0 Å². The van der Waals surface area contributed by atoms with E-state index in [0.29, 0.717) is 22.4 Å². The molecule has 1 N–H and O–H groups in total. The fourth-order valence-corrected chi connectivity index (χ4v) is 3.40. The van der Waals surface area contributed by atoms with Gasteiger partial charge in [0.25, 0.3) is 0 Å². The molecule has 0 radical (unpaired) electrons. The highest BCUT2D eigenvalue weighted by Gasteiger charge is 2.14. The van der Waals surface area contributed by atoms with Crippen molar-refractivity contribution in [3.63, 3.8) is 0 Å². The highest BCUT2D eigenvalue weighted by Crippen LogP contribution is 2.33. The van der Waals surface area contributed by atoms with Crippen molar-refractivity contribution in [2.75, 3.05) is 6.26 Å². The minimum atomic E-state index is 0.210. The number of hydrogen-bond acceptors (Lipinski definition) is 6. The summed E-state index contributed by atoms with van der Waals surface area (Å²) in [5.41, 5.74) is 1.36. The van der Waals surface area contributed by atoms with Gasteiger partial charge in [-0.05, 0) is 24.5 Å². The van der Waals surface area contributed by atoms with Crippen molar-refractivity contribution < 1.29 is 9.52 Å². The summed E-state index contributed by atoms with van der Waals surface area (Å²) in [5.74, 6) is 0.839. The molecular formula is C13H9N3O2S2. The van der Waals surface area contributed by atoms with E-state index in [1.165, 1.54) is 11.3 Å². The van der Waals surface area contributed by atoms with E-state index < -0.39 is 0 Å². The Morgan fingerprint density at radius 3 is 3.05 bits per heavy atom. The van der Waals surface area contributed by atoms with Crippen LogP contribution in [0.1, 0.15) is 0 Å². The number of phenolic OH excluding ortho intramolecular Hbond substituents is 1. The van der Waals surface area contributed by atoms with Gasteiger partial charge in [0.2, 0.25) is 4.96 Å². The van der Waals surface area contributed by atoms with Crippen LogP contribution in [0.5, 0.6) is 5.75 Å². The first-order valence-electron chi connectivity index (χ1n) is 5.87. The molecule has 7 heteroatoms. The van der Waals surface area contributed by atoms with E-state index >= 15 is 0 Å². The predicted octanol–water partition coefficient (Wildman–Crippen LogP) is 3.63. The zero-order chi connectivity index (χ0) is 13.7. The van der Waals surface area contributed by atoms with Gasteiger partial charge < -0.3 is 9.52 Å². The minimum Gasteiger partial charge on any atom is -0.507 e. The molecular weight excluding hydrogens is 294 g/mol. The van der Waals surface area contributed by atoms with Gasteiger partial charge >= 0.3 is 0 Å². The maximum absolute atomic E-state index is 9.80. The first-order valence-corrected chi connectivity index (χ1v) is 7.91. The van der Waals surface area contributed by atoms with Crippen LogP contribution >= 0.6 is 23.1 Å². The van der Waals surface area contributed by atoms with Gasteiger partial charge in [0, 0.05) is 0 Å². The molecule has 0 amide bonds. The average molecular weight is 303 g/mol. The molecule has 1 aromatic carbocycles. The van der Waals surface area contributed by atoms with Crippen LogP contribution in [0, 0.1) is 0 Å². The molecule has 3 heterocycles. The molecule has 0 fully saturated rings. The third-order valence-electron chi connectivity index (χ3n) is 2.99. The fraction of sp³-hybridized carbons (Fsp3) is 0.0769. The molecule has 100 valence electrons. The van der Waals surface area contributed by atoms with Crippen LogP contribution in [0.4, 0.5) is 0 Å².